The number of rotatable bonds is 8. The molecule has 0 fully saturated rings. The molecular weight excluding hydrogens is 541 g/mol. The van der Waals surface area contributed by atoms with Gasteiger partial charge in [0.2, 0.25) is 0 Å². The van der Waals surface area contributed by atoms with E-state index >= 15 is 0 Å². The van der Waals surface area contributed by atoms with Crippen molar-refractivity contribution >= 4 is 26.4 Å². The highest BCUT2D eigenvalue weighted by Crippen LogP contribution is 2.69. The molecular formula is C27H30F3O6S2+. The quantitative estimate of drug-likeness (QED) is 0.124. The Labute approximate surface area is 222 Å². The Morgan fingerprint density at radius 3 is 1.74 bits per heavy atom. The van der Waals surface area contributed by atoms with Gasteiger partial charge in [0.05, 0.1) is 25.0 Å². The normalized spacial score (nSPS) is 13.2. The van der Waals surface area contributed by atoms with Crippen molar-refractivity contribution in [2.24, 2.45) is 0 Å². The zero-order valence-electron chi connectivity index (χ0n) is 21.6. The number of halogens is 3. The summed E-state index contributed by atoms with van der Waals surface area (Å²) in [7, 11) is -9.23. The lowest BCUT2D eigenvalue weighted by atomic mass is 10.2. The van der Waals surface area contributed by atoms with Crippen molar-refractivity contribution in [1.29, 1.82) is 0 Å². The Morgan fingerprint density at radius 1 is 0.816 bits per heavy atom. The van der Waals surface area contributed by atoms with Crippen LogP contribution in [0.1, 0.15) is 31.9 Å². The van der Waals surface area contributed by atoms with Crippen LogP contribution in [0.25, 0.3) is 0 Å². The molecule has 3 aromatic carbocycles. The summed E-state index contributed by atoms with van der Waals surface area (Å²) in [5.41, 5.74) is -4.83. The van der Waals surface area contributed by atoms with Crippen molar-refractivity contribution in [3.63, 3.8) is 0 Å². The fraction of sp³-hybridized carbons (Fsp3) is 0.296. The van der Waals surface area contributed by atoms with E-state index < -0.39 is 37.5 Å². The lowest BCUT2D eigenvalue weighted by molar-refractivity contribution is -0.157. The van der Waals surface area contributed by atoms with Gasteiger partial charge in [0, 0.05) is 0 Å². The summed E-state index contributed by atoms with van der Waals surface area (Å²) in [4.78, 5) is 12.9. The van der Waals surface area contributed by atoms with E-state index in [-0.39, 0.29) is 17.3 Å². The number of carbonyl (C=O) groups excluding carboxylic acids is 1. The highest BCUT2D eigenvalue weighted by atomic mass is 32.3. The van der Waals surface area contributed by atoms with E-state index in [9.17, 15) is 26.4 Å². The molecule has 0 unspecified atom stereocenters. The van der Waals surface area contributed by atoms with Gasteiger partial charge in [-0.1, -0.05) is 24.3 Å². The minimum atomic E-state index is -5.90. The van der Waals surface area contributed by atoms with Crippen molar-refractivity contribution in [3.05, 3.63) is 83.9 Å². The van der Waals surface area contributed by atoms with Gasteiger partial charge >= 0.3 is 21.6 Å². The van der Waals surface area contributed by atoms with Crippen LogP contribution in [0, 0.1) is 13.8 Å². The Balaban J connectivity index is 2.17. The average Bonchev–Trinajstić information content (AvgIpc) is 2.80. The second kappa shape index (κ2) is 11.0. The standard InChI is InChI=1S/C27H29F3O6S2/c1-19-8-6-10-23(16-19)37(24-11-7-9-20(2)17-24,36-38(32,33)27(28,29)30)22-14-12-21(13-15-22)34-18-25(31)35-26(3,4)5/h6-17H,18H2,1-5H3/p+1. The molecule has 6 nitrogen and oxygen atoms in total. The molecule has 11 heteroatoms. The molecule has 0 bridgehead atoms. The number of carbonyl (C=O) groups is 1. The van der Waals surface area contributed by atoms with Crippen molar-refractivity contribution in [1.82, 2.24) is 0 Å². The number of hydrogen-bond donors (Lipinski definition) is 0. The number of esters is 1. The lowest BCUT2D eigenvalue weighted by Gasteiger charge is -2.35. The molecule has 1 N–H and O–H groups in total. The van der Waals surface area contributed by atoms with Gasteiger partial charge in [-0.25, -0.2) is 4.79 Å². The zero-order valence-corrected chi connectivity index (χ0v) is 23.2. The maximum Gasteiger partial charge on any atom is 0.572 e. The molecule has 206 valence electrons. The van der Waals surface area contributed by atoms with Gasteiger partial charge in [0.15, 0.2) is 6.61 Å². The van der Waals surface area contributed by atoms with Gasteiger partial charge in [0.25, 0.3) is 0 Å². The predicted molar refractivity (Wildman–Crippen MR) is 140 cm³/mol. The Bertz CT molecular complexity index is 1350. The van der Waals surface area contributed by atoms with Gasteiger partial charge in [-0.3, -0.25) is 3.63 Å². The Hall–Kier alpha value is -3.02. The van der Waals surface area contributed by atoms with E-state index in [2.05, 4.69) is 3.63 Å². The molecule has 0 aliphatic heterocycles. The molecule has 0 aliphatic carbocycles. The van der Waals surface area contributed by atoms with Crippen LogP contribution in [0.15, 0.2) is 87.5 Å². The molecule has 0 saturated carbocycles. The summed E-state index contributed by atoms with van der Waals surface area (Å²) in [5.74, 6) is -0.340. The van der Waals surface area contributed by atoms with Crippen LogP contribution in [0.3, 0.4) is 0 Å². The number of benzene rings is 3. The first-order chi connectivity index (χ1) is 17.5. The SMILES string of the molecule is Cc1cccc(S([OH+]S(=O)(=O)C(F)(F)F)(c2ccc(OCC(=O)OC(C)(C)C)cc2)c2cccc(C)c2)c1. The topological polar surface area (TPSA) is 82.5 Å². The van der Waals surface area contributed by atoms with E-state index in [0.717, 1.165) is 11.1 Å². The molecule has 0 radical (unpaired) electrons. The van der Waals surface area contributed by atoms with Crippen LogP contribution in [0.4, 0.5) is 13.2 Å². The van der Waals surface area contributed by atoms with Crippen molar-refractivity contribution in [2.45, 2.75) is 60.4 Å². The lowest BCUT2D eigenvalue weighted by Crippen LogP contribution is -2.30. The minimum Gasteiger partial charge on any atom is -0.482 e. The van der Waals surface area contributed by atoms with Crippen molar-refractivity contribution in [3.8, 4) is 5.75 Å². The van der Waals surface area contributed by atoms with Crippen LogP contribution >= 0.6 is 10.3 Å². The molecule has 3 rings (SSSR count). The summed E-state index contributed by atoms with van der Waals surface area (Å²) < 4.78 is 80.6. The monoisotopic (exact) mass is 571 g/mol. The van der Waals surface area contributed by atoms with Gasteiger partial charge < -0.3 is 9.47 Å². The third-order valence-electron chi connectivity index (χ3n) is 5.11. The Morgan fingerprint density at radius 2 is 1.32 bits per heavy atom. The number of aryl methyl sites for hydroxylation is 2. The van der Waals surface area contributed by atoms with Crippen LogP contribution in [-0.2, 0) is 19.6 Å². The van der Waals surface area contributed by atoms with Crippen molar-refractivity contribution in [2.75, 3.05) is 6.61 Å². The summed E-state index contributed by atoms with van der Waals surface area (Å²) >= 11 is 0. The minimum absolute atomic E-state index is 0.242. The highest BCUT2D eigenvalue weighted by Gasteiger charge is 2.58. The molecule has 0 spiro atoms. The van der Waals surface area contributed by atoms with Crippen molar-refractivity contribution < 1.29 is 39.5 Å². The zero-order chi connectivity index (χ0) is 28.4. The van der Waals surface area contributed by atoms with Crippen LogP contribution in [0.2, 0.25) is 0 Å². The third kappa shape index (κ3) is 6.89. The maximum absolute atomic E-state index is 13.7. The Kier molecular flexibility index (Phi) is 8.55. The summed E-state index contributed by atoms with van der Waals surface area (Å²) in [6, 6.07) is 19.1. The average molecular weight is 572 g/mol. The van der Waals surface area contributed by atoms with E-state index in [4.69, 9.17) is 9.47 Å². The molecule has 0 heterocycles. The summed E-state index contributed by atoms with van der Waals surface area (Å²) in [6.07, 6.45) is 0. The first-order valence-corrected chi connectivity index (χ1v) is 14.5. The van der Waals surface area contributed by atoms with E-state index in [1.807, 2.05) is 0 Å². The molecule has 0 saturated heterocycles. The van der Waals surface area contributed by atoms with Gasteiger partial charge in [-0.05, 0) is 94.3 Å². The fourth-order valence-electron chi connectivity index (χ4n) is 3.57. The smallest absolute Gasteiger partial charge is 0.482 e. The van der Waals surface area contributed by atoms with Gasteiger partial charge in [0.1, 0.15) is 11.4 Å². The summed E-state index contributed by atoms with van der Waals surface area (Å²) in [5, 5.41) is 0. The molecule has 38 heavy (non-hydrogen) atoms. The summed E-state index contributed by atoms with van der Waals surface area (Å²) in [6.45, 7) is 8.30. The van der Waals surface area contributed by atoms with E-state index in [1.54, 1.807) is 83.1 Å². The van der Waals surface area contributed by atoms with Gasteiger partial charge in [-0.15, -0.1) is 8.42 Å². The van der Waals surface area contributed by atoms with Gasteiger partial charge in [-0.2, -0.15) is 13.2 Å². The van der Waals surface area contributed by atoms with Crippen LogP contribution < -0.4 is 4.74 Å². The molecule has 0 atom stereocenters. The van der Waals surface area contributed by atoms with Crippen LogP contribution in [0.5, 0.6) is 5.75 Å². The first kappa shape index (κ1) is 29.5. The van der Waals surface area contributed by atoms with E-state index in [0.29, 0.717) is 9.79 Å². The largest absolute Gasteiger partial charge is 0.572 e. The first-order valence-electron chi connectivity index (χ1n) is 11.5. The number of hydrogen-bond acceptors (Lipinski definition) is 5. The molecule has 0 amide bonds. The fourth-order valence-corrected chi connectivity index (χ4v) is 8.73. The predicted octanol–water partition coefficient (Wildman–Crippen LogP) is 7.16. The molecule has 3 aromatic rings. The highest BCUT2D eigenvalue weighted by molar-refractivity contribution is 8.32. The number of ether oxygens (including phenoxy) is 2. The molecule has 0 aromatic heterocycles. The second-order valence-corrected chi connectivity index (χ2v) is 14.1. The third-order valence-corrected chi connectivity index (χ3v) is 10.2. The second-order valence-electron chi connectivity index (χ2n) is 9.55. The van der Waals surface area contributed by atoms with E-state index in [1.165, 1.54) is 24.3 Å². The number of alkyl halides is 3. The van der Waals surface area contributed by atoms with Crippen LogP contribution in [-0.4, -0.2) is 35.7 Å². The maximum atomic E-state index is 13.7. The molecule has 0 aliphatic rings.